The summed E-state index contributed by atoms with van der Waals surface area (Å²) in [5, 5.41) is 29.1. The maximum atomic E-state index is 12.2. The van der Waals surface area contributed by atoms with Gasteiger partial charge in [0.2, 0.25) is 0 Å². The number of ketones is 1. The highest BCUT2D eigenvalue weighted by Crippen LogP contribution is 2.58. The summed E-state index contributed by atoms with van der Waals surface area (Å²) in [6.45, 7) is 16.4. The van der Waals surface area contributed by atoms with Crippen LogP contribution in [0.3, 0.4) is 0 Å². The lowest BCUT2D eigenvalue weighted by Gasteiger charge is -2.49. The maximum absolute atomic E-state index is 12.2. The predicted molar refractivity (Wildman–Crippen MR) is 323 cm³/mol. The number of Topliss-reactive ketones (excluding diaryl/α,β-unsaturated/α-hetero) is 1. The highest BCUT2D eigenvalue weighted by Gasteiger charge is 2.49. The van der Waals surface area contributed by atoms with Crippen molar-refractivity contribution < 1.29 is 43.0 Å². The lowest BCUT2D eigenvalue weighted by molar-refractivity contribution is -0.134. The van der Waals surface area contributed by atoms with E-state index in [4.69, 9.17) is 49.4 Å². The van der Waals surface area contributed by atoms with E-state index in [-0.39, 0.29) is 28.6 Å². The number of halogens is 2. The summed E-state index contributed by atoms with van der Waals surface area (Å²) >= 11 is 0. The first-order valence-electron chi connectivity index (χ1n) is 28.4. The van der Waals surface area contributed by atoms with Crippen molar-refractivity contribution >= 4 is 90.0 Å². The molecule has 6 atom stereocenters. The third kappa shape index (κ3) is 11.7. The number of aliphatic carboxylic acids is 1. The number of carboxylic acid groups (broad SMARTS) is 1. The molecule has 0 amide bonds. The smallest absolute Gasteiger partial charge is 0.487 e. The van der Waals surface area contributed by atoms with E-state index >= 15 is 0 Å². The van der Waals surface area contributed by atoms with Gasteiger partial charge in [-0.05, 0) is 150 Å². The van der Waals surface area contributed by atoms with Crippen molar-refractivity contribution in [2.75, 3.05) is 0 Å². The van der Waals surface area contributed by atoms with Crippen molar-refractivity contribution in [1.29, 1.82) is 0 Å². The van der Waals surface area contributed by atoms with Crippen molar-refractivity contribution in [2.45, 2.75) is 117 Å². The fourth-order valence-corrected chi connectivity index (χ4v) is 13.0. The number of ether oxygens (including phenoxy) is 2. The summed E-state index contributed by atoms with van der Waals surface area (Å²) in [4.78, 5) is 40.1. The van der Waals surface area contributed by atoms with Crippen LogP contribution in [0.5, 0.6) is 11.5 Å². The number of para-hydroxylation sites is 4. The molecule has 0 spiro atoms. The van der Waals surface area contributed by atoms with Crippen LogP contribution in [0, 0.1) is 35.3 Å². The lowest BCUT2D eigenvalue weighted by atomic mass is 9.64. The van der Waals surface area contributed by atoms with Gasteiger partial charge in [0, 0.05) is 57.0 Å². The Morgan fingerprint density at radius 2 is 0.829 bits per heavy atom. The second kappa shape index (κ2) is 23.5. The standard InChI is InChI=1S/2C26H26N2O.C8H7FO.C6H6BFO2.C2H4O2/c2*1-15-12-13-19-18(14-15)22-24-23(27-20-10-6-7-11-21(20)28-24)16-8-4-5-9-17(16)25(22)29-26(19,2)3;1-6(10)7-2-4-8(9)5-3-7;8-6-3-1-5(2-4-6)7(9)10;1-2(3)4/h2*4-11,15,18-19H,12-14H2,1-3H3;2-5H,1H3;1-4,9-10H;1H3,(H,3,4)/t2*15-,18-,19-;;;/m00.../s1. The normalized spacial score (nSPS) is 20.7. The number of carbonyl (C=O) groups excluding carboxylic acids is 1. The van der Waals surface area contributed by atoms with Crippen LogP contribution in [-0.4, -0.2) is 65.2 Å². The van der Waals surface area contributed by atoms with Gasteiger partial charge >= 0.3 is 7.12 Å². The van der Waals surface area contributed by atoms with Crippen molar-refractivity contribution in [1.82, 2.24) is 19.9 Å². The third-order valence-electron chi connectivity index (χ3n) is 16.9. The van der Waals surface area contributed by atoms with Gasteiger partial charge in [-0.3, -0.25) is 9.59 Å². The zero-order chi connectivity index (χ0) is 58.2. The van der Waals surface area contributed by atoms with Crippen LogP contribution in [0.4, 0.5) is 8.78 Å². The Balaban J connectivity index is 0.000000132. The Hall–Kier alpha value is -7.94. The molecule has 420 valence electrons. The lowest BCUT2D eigenvalue weighted by Crippen LogP contribution is -2.46. The van der Waals surface area contributed by atoms with Crippen molar-refractivity contribution in [3.63, 3.8) is 0 Å². The second-order valence-electron chi connectivity index (χ2n) is 23.6. The first-order chi connectivity index (χ1) is 39.2. The van der Waals surface area contributed by atoms with Gasteiger partial charge in [0.15, 0.2) is 5.78 Å². The fraction of sp³-hybridized carbons (Fsp3) is 0.324. The number of nitrogens with zero attached hydrogens (tertiary/aromatic N) is 4. The van der Waals surface area contributed by atoms with E-state index < -0.39 is 13.1 Å². The molecule has 0 saturated heterocycles. The van der Waals surface area contributed by atoms with Gasteiger partial charge in [-0.2, -0.15) is 0 Å². The van der Waals surface area contributed by atoms with Gasteiger partial charge in [-0.1, -0.05) is 112 Å². The van der Waals surface area contributed by atoms with Crippen LogP contribution in [0.2, 0.25) is 0 Å². The van der Waals surface area contributed by atoms with Gasteiger partial charge in [0.05, 0.1) is 44.1 Å². The zero-order valence-electron chi connectivity index (χ0n) is 47.7. The highest BCUT2D eigenvalue weighted by molar-refractivity contribution is 6.58. The first-order valence-corrected chi connectivity index (χ1v) is 28.4. The number of fused-ring (bicyclic) bond motifs is 18. The number of carboxylic acids is 1. The molecular formula is C68H69BF2N4O7. The van der Waals surface area contributed by atoms with Gasteiger partial charge in [0.25, 0.3) is 5.97 Å². The molecule has 0 unspecified atom stereocenters. The van der Waals surface area contributed by atoms with E-state index in [1.54, 1.807) is 0 Å². The molecule has 2 fully saturated rings. The Labute approximate surface area is 476 Å². The van der Waals surface area contributed by atoms with E-state index in [0.29, 0.717) is 34.7 Å². The van der Waals surface area contributed by atoms with E-state index in [1.807, 2.05) is 24.3 Å². The van der Waals surface area contributed by atoms with Gasteiger partial charge in [-0.15, -0.1) is 0 Å². The summed E-state index contributed by atoms with van der Waals surface area (Å²) < 4.78 is 38.0. The summed E-state index contributed by atoms with van der Waals surface area (Å²) in [6.07, 6.45) is 7.40. The highest BCUT2D eigenvalue weighted by atomic mass is 19.1. The van der Waals surface area contributed by atoms with Crippen molar-refractivity contribution in [3.05, 3.63) is 174 Å². The maximum Gasteiger partial charge on any atom is 0.488 e. The molecule has 0 radical (unpaired) electrons. The minimum atomic E-state index is -1.51. The van der Waals surface area contributed by atoms with E-state index in [9.17, 15) is 13.6 Å². The number of carbonyl (C=O) groups is 2. The van der Waals surface area contributed by atoms with Gasteiger partial charge in [-0.25, -0.2) is 28.7 Å². The molecule has 11 nitrogen and oxygen atoms in total. The number of benzene rings is 8. The predicted octanol–water partition coefficient (Wildman–Crippen LogP) is 14.9. The number of aromatic nitrogens is 4. The van der Waals surface area contributed by atoms with Crippen LogP contribution in [0.15, 0.2) is 146 Å². The van der Waals surface area contributed by atoms with E-state index in [0.717, 1.165) is 85.2 Å². The van der Waals surface area contributed by atoms with Crippen molar-refractivity contribution in [2.24, 2.45) is 23.7 Å². The second-order valence-corrected chi connectivity index (χ2v) is 23.6. The van der Waals surface area contributed by atoms with Crippen molar-refractivity contribution in [3.8, 4) is 11.5 Å². The fourth-order valence-electron chi connectivity index (χ4n) is 13.0. The van der Waals surface area contributed by atoms with Crippen LogP contribution in [-0.2, 0) is 4.79 Å². The van der Waals surface area contributed by atoms with Gasteiger partial charge in [0.1, 0.15) is 34.3 Å². The number of hydrogen-bond acceptors (Lipinski definition) is 10. The molecule has 0 bridgehead atoms. The molecule has 3 N–H and O–H groups in total. The minimum absolute atomic E-state index is 0.0417. The van der Waals surface area contributed by atoms with Crippen LogP contribution in [0.1, 0.15) is 127 Å². The minimum Gasteiger partial charge on any atom is -0.487 e. The number of rotatable bonds is 2. The molecule has 8 aromatic carbocycles. The molecular weight excluding hydrogens is 1030 g/mol. The summed E-state index contributed by atoms with van der Waals surface area (Å²) in [5.74, 6) is 3.94. The third-order valence-corrected chi connectivity index (χ3v) is 16.9. The first kappa shape index (κ1) is 57.3. The molecule has 2 aliphatic heterocycles. The molecule has 2 aliphatic carbocycles. The Kier molecular flexibility index (Phi) is 16.4. The quantitative estimate of drug-likeness (QED) is 0.0653. The van der Waals surface area contributed by atoms with E-state index in [1.165, 1.54) is 116 Å². The molecule has 4 heterocycles. The van der Waals surface area contributed by atoms with Crippen LogP contribution in [0.25, 0.3) is 65.7 Å². The molecule has 10 aromatic rings. The molecule has 2 saturated carbocycles. The topological polar surface area (TPSA) is 165 Å². The Morgan fingerprint density at radius 1 is 0.500 bits per heavy atom. The van der Waals surface area contributed by atoms with Gasteiger partial charge < -0.3 is 24.6 Å². The summed E-state index contributed by atoms with van der Waals surface area (Å²) in [7, 11) is -1.51. The molecule has 2 aromatic heterocycles. The molecule has 82 heavy (non-hydrogen) atoms. The zero-order valence-corrected chi connectivity index (χ0v) is 47.7. The average Bonchev–Trinajstić information content (AvgIpc) is 1.66. The van der Waals surface area contributed by atoms with Crippen LogP contribution < -0.4 is 14.9 Å². The Morgan fingerprint density at radius 3 is 1.18 bits per heavy atom. The monoisotopic (exact) mass is 1100 g/mol. The molecule has 14 heteroatoms. The molecule has 14 rings (SSSR count). The summed E-state index contributed by atoms with van der Waals surface area (Å²) in [5.41, 5.74) is 11.0. The number of hydrogen-bond donors (Lipinski definition) is 3. The molecule has 4 aliphatic rings. The largest absolute Gasteiger partial charge is 0.488 e. The Bertz CT molecular complexity index is 3800. The van der Waals surface area contributed by atoms with Crippen LogP contribution >= 0.6 is 0 Å². The summed E-state index contributed by atoms with van der Waals surface area (Å²) in [6, 6.07) is 44.0. The van der Waals surface area contributed by atoms with E-state index in [2.05, 4.69) is 114 Å². The average molecular weight is 1100 g/mol. The SMILES string of the molecule is CC(=O)O.CC(=O)c1ccc(F)cc1.C[C@H]1CC[C@H]2[C@H](C1)c1c(c3ccccc3c3nc4ccccc4nc13)OC2(C)C.C[C@H]1CC[C@H]2[C@H](C1)c1c(c3ccccc3c3nc4ccccc4nc13)OC2(C)C.OB(O)c1ccc(F)cc1.